The predicted octanol–water partition coefficient (Wildman–Crippen LogP) is 2.35. The van der Waals surface area contributed by atoms with E-state index in [1.807, 2.05) is 11.3 Å². The third-order valence-electron chi connectivity index (χ3n) is 3.19. The summed E-state index contributed by atoms with van der Waals surface area (Å²) in [6.45, 7) is 7.34. The highest BCUT2D eigenvalue weighted by Crippen LogP contribution is 2.19. The van der Waals surface area contributed by atoms with Gasteiger partial charge in [0.25, 0.3) is 0 Å². The van der Waals surface area contributed by atoms with Crippen LogP contribution in [-0.2, 0) is 6.42 Å². The second kappa shape index (κ2) is 5.10. The van der Waals surface area contributed by atoms with Gasteiger partial charge in [-0.25, -0.2) is 0 Å². The smallest absolute Gasteiger partial charge is 0.0275 e. The molecule has 0 bridgehead atoms. The SMILES string of the molecule is CC(Cc1cccs1)N(C)C(C)(C)CN. The molecule has 1 atom stereocenters. The average Bonchev–Trinajstić information content (AvgIpc) is 2.69. The first-order valence-electron chi connectivity index (χ1n) is 5.43. The van der Waals surface area contributed by atoms with Crippen LogP contribution in [0.25, 0.3) is 0 Å². The van der Waals surface area contributed by atoms with Gasteiger partial charge < -0.3 is 5.73 Å². The van der Waals surface area contributed by atoms with Gasteiger partial charge in [0.1, 0.15) is 0 Å². The van der Waals surface area contributed by atoms with Gasteiger partial charge in [0, 0.05) is 23.0 Å². The van der Waals surface area contributed by atoms with E-state index in [9.17, 15) is 0 Å². The van der Waals surface area contributed by atoms with Gasteiger partial charge in [-0.15, -0.1) is 11.3 Å². The summed E-state index contributed by atoms with van der Waals surface area (Å²) in [7, 11) is 2.16. The standard InChI is InChI=1S/C12H22N2S/c1-10(8-11-6-5-7-15-11)14(4)12(2,3)9-13/h5-7,10H,8-9,13H2,1-4H3. The Bertz CT molecular complexity index is 280. The van der Waals surface area contributed by atoms with Crippen molar-refractivity contribution in [3.05, 3.63) is 22.4 Å². The Hall–Kier alpha value is -0.380. The van der Waals surface area contributed by atoms with Crippen LogP contribution in [0.1, 0.15) is 25.6 Å². The van der Waals surface area contributed by atoms with Gasteiger partial charge >= 0.3 is 0 Å². The van der Waals surface area contributed by atoms with Gasteiger partial charge in [0.15, 0.2) is 0 Å². The van der Waals surface area contributed by atoms with Crippen LogP contribution in [0, 0.1) is 0 Å². The van der Waals surface area contributed by atoms with Crippen LogP contribution in [-0.4, -0.2) is 30.1 Å². The van der Waals surface area contributed by atoms with Crippen LogP contribution in [0.3, 0.4) is 0 Å². The number of thiophene rings is 1. The third kappa shape index (κ3) is 3.30. The minimum atomic E-state index is 0.0800. The summed E-state index contributed by atoms with van der Waals surface area (Å²) in [6, 6.07) is 4.84. The van der Waals surface area contributed by atoms with Gasteiger partial charge in [-0.3, -0.25) is 4.90 Å². The largest absolute Gasteiger partial charge is 0.329 e. The van der Waals surface area contributed by atoms with Crippen molar-refractivity contribution in [1.82, 2.24) is 4.90 Å². The molecule has 0 spiro atoms. The van der Waals surface area contributed by atoms with Crippen molar-refractivity contribution in [2.24, 2.45) is 5.73 Å². The average molecular weight is 226 g/mol. The Morgan fingerprint density at radius 2 is 2.20 bits per heavy atom. The van der Waals surface area contributed by atoms with E-state index in [0.29, 0.717) is 12.6 Å². The minimum Gasteiger partial charge on any atom is -0.329 e. The summed E-state index contributed by atoms with van der Waals surface area (Å²) in [5.41, 5.74) is 5.86. The first-order chi connectivity index (χ1) is 6.97. The molecular formula is C12H22N2S. The summed E-state index contributed by atoms with van der Waals surface area (Å²) in [5.74, 6) is 0. The molecule has 2 nitrogen and oxygen atoms in total. The Morgan fingerprint density at radius 1 is 1.53 bits per heavy atom. The van der Waals surface area contributed by atoms with Gasteiger partial charge in [-0.1, -0.05) is 6.07 Å². The van der Waals surface area contributed by atoms with E-state index in [-0.39, 0.29) is 5.54 Å². The predicted molar refractivity (Wildman–Crippen MR) is 68.4 cm³/mol. The van der Waals surface area contributed by atoms with E-state index < -0.39 is 0 Å². The van der Waals surface area contributed by atoms with Crippen molar-refractivity contribution in [3.8, 4) is 0 Å². The van der Waals surface area contributed by atoms with Crippen LogP contribution in [0.2, 0.25) is 0 Å². The van der Waals surface area contributed by atoms with Crippen LogP contribution in [0.15, 0.2) is 17.5 Å². The summed E-state index contributed by atoms with van der Waals surface area (Å²) in [4.78, 5) is 3.81. The molecule has 0 fully saturated rings. The van der Waals surface area contributed by atoms with Gasteiger partial charge in [0.2, 0.25) is 0 Å². The van der Waals surface area contributed by atoms with Gasteiger partial charge in [0.05, 0.1) is 0 Å². The fourth-order valence-electron chi connectivity index (χ4n) is 1.60. The van der Waals surface area contributed by atoms with E-state index in [1.54, 1.807) is 0 Å². The molecule has 3 heteroatoms. The fourth-order valence-corrected chi connectivity index (χ4v) is 2.42. The van der Waals surface area contributed by atoms with Crippen LogP contribution in [0.5, 0.6) is 0 Å². The molecule has 1 heterocycles. The molecule has 0 amide bonds. The lowest BCUT2D eigenvalue weighted by Crippen LogP contribution is -2.51. The highest BCUT2D eigenvalue weighted by atomic mass is 32.1. The maximum absolute atomic E-state index is 5.78. The van der Waals surface area contributed by atoms with E-state index in [4.69, 9.17) is 5.73 Å². The van der Waals surface area contributed by atoms with Crippen LogP contribution in [0.4, 0.5) is 0 Å². The van der Waals surface area contributed by atoms with Crippen molar-refractivity contribution in [2.45, 2.75) is 38.8 Å². The van der Waals surface area contributed by atoms with Crippen molar-refractivity contribution >= 4 is 11.3 Å². The number of rotatable bonds is 5. The van der Waals surface area contributed by atoms with E-state index in [1.165, 1.54) is 4.88 Å². The number of nitrogens with zero attached hydrogens (tertiary/aromatic N) is 1. The number of hydrogen-bond donors (Lipinski definition) is 1. The normalized spacial score (nSPS) is 14.5. The first-order valence-corrected chi connectivity index (χ1v) is 6.30. The maximum Gasteiger partial charge on any atom is 0.0275 e. The summed E-state index contributed by atoms with van der Waals surface area (Å²) in [6.07, 6.45) is 1.11. The third-order valence-corrected chi connectivity index (χ3v) is 4.09. The molecule has 0 aliphatic rings. The Morgan fingerprint density at radius 3 is 2.67 bits per heavy atom. The molecule has 1 unspecified atom stereocenters. The molecule has 0 aromatic carbocycles. The molecule has 1 aromatic heterocycles. The lowest BCUT2D eigenvalue weighted by atomic mass is 10.0. The lowest BCUT2D eigenvalue weighted by Gasteiger charge is -2.39. The zero-order valence-electron chi connectivity index (χ0n) is 10.2. The molecule has 0 aliphatic heterocycles. The fraction of sp³-hybridized carbons (Fsp3) is 0.667. The Kier molecular flexibility index (Phi) is 4.32. The second-order valence-corrected chi connectivity index (χ2v) is 5.79. The van der Waals surface area contributed by atoms with Crippen molar-refractivity contribution in [1.29, 1.82) is 0 Å². The molecule has 0 aliphatic carbocycles. The highest BCUT2D eigenvalue weighted by Gasteiger charge is 2.25. The van der Waals surface area contributed by atoms with Gasteiger partial charge in [-0.2, -0.15) is 0 Å². The number of hydrogen-bond acceptors (Lipinski definition) is 3. The molecular weight excluding hydrogens is 204 g/mol. The first kappa shape index (κ1) is 12.7. The highest BCUT2D eigenvalue weighted by molar-refractivity contribution is 7.09. The molecule has 0 radical (unpaired) electrons. The molecule has 0 saturated carbocycles. The molecule has 86 valence electrons. The van der Waals surface area contributed by atoms with Crippen molar-refractivity contribution in [2.75, 3.05) is 13.6 Å². The van der Waals surface area contributed by atoms with Crippen LogP contribution < -0.4 is 5.73 Å². The topological polar surface area (TPSA) is 29.3 Å². The zero-order valence-corrected chi connectivity index (χ0v) is 11.0. The Labute approximate surface area is 97.1 Å². The summed E-state index contributed by atoms with van der Waals surface area (Å²) in [5, 5.41) is 2.14. The Balaban J connectivity index is 2.57. The quantitative estimate of drug-likeness (QED) is 0.835. The number of likely N-dealkylation sites (N-methyl/N-ethyl adjacent to an activating group) is 1. The molecule has 0 saturated heterocycles. The minimum absolute atomic E-state index is 0.0800. The molecule has 1 rings (SSSR count). The molecule has 1 aromatic rings. The number of nitrogens with two attached hydrogens (primary N) is 1. The van der Waals surface area contributed by atoms with Crippen molar-refractivity contribution in [3.63, 3.8) is 0 Å². The summed E-state index contributed by atoms with van der Waals surface area (Å²) < 4.78 is 0. The second-order valence-electron chi connectivity index (χ2n) is 4.76. The van der Waals surface area contributed by atoms with E-state index in [2.05, 4.69) is 50.2 Å². The van der Waals surface area contributed by atoms with Crippen LogP contribution >= 0.6 is 11.3 Å². The lowest BCUT2D eigenvalue weighted by molar-refractivity contribution is 0.117. The molecule has 2 N–H and O–H groups in total. The van der Waals surface area contributed by atoms with Crippen molar-refractivity contribution < 1.29 is 0 Å². The summed E-state index contributed by atoms with van der Waals surface area (Å²) >= 11 is 1.83. The van der Waals surface area contributed by atoms with E-state index in [0.717, 1.165) is 6.42 Å². The zero-order chi connectivity index (χ0) is 11.5. The van der Waals surface area contributed by atoms with Gasteiger partial charge in [-0.05, 0) is 45.7 Å². The van der Waals surface area contributed by atoms with E-state index >= 15 is 0 Å². The maximum atomic E-state index is 5.78. The molecule has 15 heavy (non-hydrogen) atoms. The monoisotopic (exact) mass is 226 g/mol.